The Bertz CT molecular complexity index is 1460. The summed E-state index contributed by atoms with van der Waals surface area (Å²) in [6.07, 6.45) is 0.672. The maximum absolute atomic E-state index is 13.7. The van der Waals surface area contributed by atoms with Crippen LogP contribution in [0.2, 0.25) is 10.0 Å². The minimum absolute atomic E-state index is 0.0419. The van der Waals surface area contributed by atoms with Crippen LogP contribution in [0.4, 0.5) is 0 Å². The van der Waals surface area contributed by atoms with Crippen molar-refractivity contribution >= 4 is 35.1 Å². The summed E-state index contributed by atoms with van der Waals surface area (Å²) in [4.78, 5) is 27.8. The molecule has 1 amide bonds. The van der Waals surface area contributed by atoms with Crippen molar-refractivity contribution in [3.63, 3.8) is 0 Å². The van der Waals surface area contributed by atoms with E-state index in [4.69, 9.17) is 42.5 Å². The Morgan fingerprint density at radius 1 is 1.15 bits per heavy atom. The number of ether oxygens (including phenoxy) is 3. The molecule has 2 aliphatic rings. The summed E-state index contributed by atoms with van der Waals surface area (Å²) in [5, 5.41) is 5.69. The molecule has 1 aromatic heterocycles. The quantitative estimate of drug-likeness (QED) is 0.323. The van der Waals surface area contributed by atoms with E-state index in [2.05, 4.69) is 0 Å². The zero-order valence-corrected chi connectivity index (χ0v) is 24.3. The molecule has 3 aromatic rings. The molecule has 1 aliphatic carbocycles. The fourth-order valence-corrected chi connectivity index (χ4v) is 5.41. The normalized spacial score (nSPS) is 17.5. The molecule has 0 bridgehead atoms. The van der Waals surface area contributed by atoms with E-state index in [0.717, 1.165) is 11.1 Å². The lowest BCUT2D eigenvalue weighted by Crippen LogP contribution is -2.43. The van der Waals surface area contributed by atoms with Gasteiger partial charge in [0.1, 0.15) is 18.1 Å². The van der Waals surface area contributed by atoms with E-state index in [-0.39, 0.29) is 36.0 Å². The number of fused-ring (bicyclic) bond motifs is 3. The molecule has 1 aliphatic heterocycles. The van der Waals surface area contributed by atoms with E-state index >= 15 is 0 Å². The summed E-state index contributed by atoms with van der Waals surface area (Å²) in [5.41, 5.74) is 3.46. The van der Waals surface area contributed by atoms with Gasteiger partial charge in [-0.05, 0) is 63.9 Å². The number of amides is 1. The molecule has 10 heteroatoms. The van der Waals surface area contributed by atoms with Crippen LogP contribution < -0.4 is 9.47 Å². The van der Waals surface area contributed by atoms with Gasteiger partial charge < -0.3 is 19.1 Å². The number of hydrogen-bond donors (Lipinski definition) is 0. The molecule has 0 N–H and O–H groups in total. The maximum atomic E-state index is 13.7. The van der Waals surface area contributed by atoms with Gasteiger partial charge in [0.2, 0.25) is 0 Å². The van der Waals surface area contributed by atoms with E-state index in [9.17, 15) is 9.59 Å². The predicted octanol–water partition coefficient (Wildman–Crippen LogP) is 6.28. The first-order valence-electron chi connectivity index (χ1n) is 12.8. The maximum Gasteiger partial charge on any atom is 0.309 e. The number of halogens is 2. The first kappa shape index (κ1) is 27.3. The minimum atomic E-state index is -0.421. The SMILES string of the molecule is CCOC(=O)[C@@H]1CC1c1cc2c(cc1OC)OCc1c(C(=O)N(C)C(C)(C)C)nn(-c3cc(Cl)cc(Cl)c3)c1-2. The monoisotopic (exact) mass is 571 g/mol. The molecule has 2 heterocycles. The van der Waals surface area contributed by atoms with Gasteiger partial charge in [0.25, 0.3) is 5.91 Å². The topological polar surface area (TPSA) is 82.9 Å². The van der Waals surface area contributed by atoms with Crippen LogP contribution in [-0.2, 0) is 16.1 Å². The molecule has 2 aromatic carbocycles. The van der Waals surface area contributed by atoms with Crippen LogP contribution in [0, 0.1) is 5.92 Å². The third-order valence-corrected chi connectivity index (χ3v) is 7.76. The Labute approximate surface area is 237 Å². The van der Waals surface area contributed by atoms with E-state index in [1.807, 2.05) is 32.9 Å². The van der Waals surface area contributed by atoms with Gasteiger partial charge in [-0.25, -0.2) is 4.68 Å². The largest absolute Gasteiger partial charge is 0.496 e. The summed E-state index contributed by atoms with van der Waals surface area (Å²) in [6, 6.07) is 8.95. The zero-order chi connectivity index (χ0) is 28.2. The Morgan fingerprint density at radius 3 is 2.46 bits per heavy atom. The van der Waals surface area contributed by atoms with Gasteiger partial charge in [-0.2, -0.15) is 5.10 Å². The highest BCUT2D eigenvalue weighted by atomic mass is 35.5. The summed E-state index contributed by atoms with van der Waals surface area (Å²) in [5.74, 6) is 0.519. The fourth-order valence-electron chi connectivity index (χ4n) is 4.89. The molecule has 8 nitrogen and oxygen atoms in total. The Hall–Kier alpha value is -3.23. The number of rotatable bonds is 6. The van der Waals surface area contributed by atoms with Crippen LogP contribution in [0.15, 0.2) is 30.3 Å². The molecule has 39 heavy (non-hydrogen) atoms. The molecule has 2 atom stereocenters. The molecule has 0 radical (unpaired) electrons. The molecule has 206 valence electrons. The van der Waals surface area contributed by atoms with Crippen molar-refractivity contribution in [2.45, 2.75) is 52.2 Å². The molecule has 0 spiro atoms. The van der Waals surface area contributed by atoms with Crippen LogP contribution in [0.3, 0.4) is 0 Å². The number of nitrogens with zero attached hydrogens (tertiary/aromatic N) is 3. The highest BCUT2D eigenvalue weighted by molar-refractivity contribution is 6.34. The third kappa shape index (κ3) is 4.96. The standard InChI is InChI=1S/C29H31Cl2N3O5/c1-7-38-28(36)20-11-18(20)19-12-21-24(13-23(19)37-6)39-14-22-25(27(35)33(5)29(2,3)4)32-34(26(21)22)17-9-15(30)8-16(31)10-17/h8-10,12-13,18,20H,7,11,14H2,1-6H3/t18?,20-/m1/s1. The van der Waals surface area contributed by atoms with Gasteiger partial charge in [-0.1, -0.05) is 23.2 Å². The van der Waals surface area contributed by atoms with Crippen LogP contribution in [0.1, 0.15) is 61.6 Å². The van der Waals surface area contributed by atoms with Crippen molar-refractivity contribution in [1.29, 1.82) is 0 Å². The van der Waals surface area contributed by atoms with Crippen molar-refractivity contribution in [1.82, 2.24) is 14.7 Å². The van der Waals surface area contributed by atoms with Gasteiger partial charge in [-0.3, -0.25) is 9.59 Å². The Morgan fingerprint density at radius 2 is 1.85 bits per heavy atom. The van der Waals surface area contributed by atoms with Crippen LogP contribution in [-0.4, -0.2) is 52.9 Å². The van der Waals surface area contributed by atoms with E-state index in [1.165, 1.54) is 0 Å². The first-order chi connectivity index (χ1) is 18.4. The van der Waals surface area contributed by atoms with Crippen LogP contribution in [0.5, 0.6) is 11.5 Å². The van der Waals surface area contributed by atoms with Gasteiger partial charge in [-0.15, -0.1) is 0 Å². The number of esters is 1. The lowest BCUT2D eigenvalue weighted by Gasteiger charge is -2.31. The highest BCUT2D eigenvalue weighted by Gasteiger charge is 2.47. The summed E-state index contributed by atoms with van der Waals surface area (Å²) in [6.45, 7) is 8.17. The number of hydrogen-bond acceptors (Lipinski definition) is 6. The highest BCUT2D eigenvalue weighted by Crippen LogP contribution is 2.54. The molecule has 1 unspecified atom stereocenters. The summed E-state index contributed by atoms with van der Waals surface area (Å²) in [7, 11) is 3.35. The lowest BCUT2D eigenvalue weighted by molar-refractivity contribution is -0.144. The molecular formula is C29H31Cl2N3O5. The van der Waals surface area contributed by atoms with Crippen molar-refractivity contribution in [3.8, 4) is 28.4 Å². The second-order valence-electron chi connectivity index (χ2n) is 10.8. The summed E-state index contributed by atoms with van der Waals surface area (Å²) < 4.78 is 18.8. The smallest absolute Gasteiger partial charge is 0.309 e. The minimum Gasteiger partial charge on any atom is -0.496 e. The third-order valence-electron chi connectivity index (χ3n) is 7.33. The lowest BCUT2D eigenvalue weighted by atomic mass is 9.96. The van der Waals surface area contributed by atoms with Gasteiger partial charge in [0, 0.05) is 45.7 Å². The van der Waals surface area contributed by atoms with Crippen molar-refractivity contribution in [2.24, 2.45) is 5.92 Å². The second-order valence-corrected chi connectivity index (χ2v) is 11.7. The van der Waals surface area contributed by atoms with Gasteiger partial charge in [0.15, 0.2) is 5.69 Å². The average molecular weight is 572 g/mol. The Kier molecular flexibility index (Phi) is 7.06. The Balaban J connectivity index is 1.70. The zero-order valence-electron chi connectivity index (χ0n) is 22.8. The van der Waals surface area contributed by atoms with Crippen molar-refractivity contribution in [2.75, 3.05) is 20.8 Å². The average Bonchev–Trinajstić information content (AvgIpc) is 3.58. The van der Waals surface area contributed by atoms with Gasteiger partial charge in [0.05, 0.1) is 31.0 Å². The van der Waals surface area contributed by atoms with Crippen molar-refractivity contribution < 1.29 is 23.8 Å². The molecular weight excluding hydrogens is 541 g/mol. The van der Waals surface area contributed by atoms with E-state index in [1.54, 1.807) is 48.9 Å². The summed E-state index contributed by atoms with van der Waals surface area (Å²) >= 11 is 12.7. The second kappa shape index (κ2) is 10.1. The van der Waals surface area contributed by atoms with Crippen LogP contribution in [0.25, 0.3) is 16.9 Å². The van der Waals surface area contributed by atoms with E-state index in [0.29, 0.717) is 51.5 Å². The predicted molar refractivity (Wildman–Crippen MR) is 149 cm³/mol. The number of benzene rings is 2. The van der Waals surface area contributed by atoms with E-state index < -0.39 is 5.54 Å². The van der Waals surface area contributed by atoms with Crippen molar-refractivity contribution in [3.05, 3.63) is 57.2 Å². The number of carbonyl (C=O) groups is 2. The number of aromatic nitrogens is 2. The molecule has 5 rings (SSSR count). The molecule has 0 saturated heterocycles. The van der Waals surface area contributed by atoms with Gasteiger partial charge >= 0.3 is 5.97 Å². The number of carbonyl (C=O) groups excluding carboxylic acids is 2. The molecule has 1 fully saturated rings. The fraction of sp³-hybridized carbons (Fsp3) is 0.414. The first-order valence-corrected chi connectivity index (χ1v) is 13.6. The van der Waals surface area contributed by atoms with Crippen LogP contribution >= 0.6 is 23.2 Å². The number of methoxy groups -OCH3 is 1. The molecule has 1 saturated carbocycles.